The molecule has 0 aliphatic heterocycles. The zero-order valence-corrected chi connectivity index (χ0v) is 13.9. The molecule has 0 amide bonds. The second kappa shape index (κ2) is 5.72. The summed E-state index contributed by atoms with van der Waals surface area (Å²) < 4.78 is 0. The molecule has 4 aromatic rings. The van der Waals surface area contributed by atoms with Gasteiger partial charge in [-0.25, -0.2) is 19.9 Å². The number of H-pyrrole nitrogens is 2. The van der Waals surface area contributed by atoms with Crippen molar-refractivity contribution in [2.45, 2.75) is 24.6 Å². The van der Waals surface area contributed by atoms with Gasteiger partial charge in [0.2, 0.25) is 0 Å². The SMILES string of the molecule is Cc1ccc2c(=O)[nH]c(CSc3ncnc4nc[nH]c34)nc2c1C. The summed E-state index contributed by atoms with van der Waals surface area (Å²) in [5.74, 6) is 1.13. The lowest BCUT2D eigenvalue weighted by Crippen LogP contribution is -2.12. The highest BCUT2D eigenvalue weighted by atomic mass is 32.2. The molecule has 4 rings (SSSR count). The molecule has 8 heteroatoms. The molecule has 0 spiro atoms. The van der Waals surface area contributed by atoms with E-state index in [0.29, 0.717) is 22.6 Å². The van der Waals surface area contributed by atoms with Crippen molar-refractivity contribution in [3.8, 4) is 0 Å². The van der Waals surface area contributed by atoms with Crippen LogP contribution in [0.1, 0.15) is 17.0 Å². The number of hydrogen-bond acceptors (Lipinski definition) is 6. The Balaban J connectivity index is 1.71. The van der Waals surface area contributed by atoms with Crippen molar-refractivity contribution >= 4 is 33.8 Å². The fourth-order valence-electron chi connectivity index (χ4n) is 2.55. The van der Waals surface area contributed by atoms with Crippen LogP contribution in [0.3, 0.4) is 0 Å². The number of fused-ring (bicyclic) bond motifs is 2. The van der Waals surface area contributed by atoms with E-state index in [1.165, 1.54) is 18.1 Å². The van der Waals surface area contributed by atoms with Gasteiger partial charge in [0.05, 0.1) is 23.0 Å². The minimum atomic E-state index is -0.118. The van der Waals surface area contributed by atoms with E-state index in [2.05, 4.69) is 29.9 Å². The molecule has 0 aliphatic carbocycles. The average Bonchev–Trinajstić information content (AvgIpc) is 3.06. The predicted molar refractivity (Wildman–Crippen MR) is 93.1 cm³/mol. The fraction of sp³-hybridized carbons (Fsp3) is 0.188. The van der Waals surface area contributed by atoms with Gasteiger partial charge in [0.15, 0.2) is 5.65 Å². The monoisotopic (exact) mass is 338 g/mol. The summed E-state index contributed by atoms with van der Waals surface area (Å²) in [6, 6.07) is 3.76. The van der Waals surface area contributed by atoms with Crippen molar-refractivity contribution in [1.29, 1.82) is 0 Å². The molecule has 7 nitrogen and oxygen atoms in total. The number of hydrogen-bond donors (Lipinski definition) is 2. The van der Waals surface area contributed by atoms with Crippen LogP contribution in [0.5, 0.6) is 0 Å². The summed E-state index contributed by atoms with van der Waals surface area (Å²) in [5, 5.41) is 1.39. The third-order valence-corrected chi connectivity index (χ3v) is 4.99. The van der Waals surface area contributed by atoms with Crippen molar-refractivity contribution in [1.82, 2.24) is 29.9 Å². The molecule has 0 bridgehead atoms. The van der Waals surface area contributed by atoms with Gasteiger partial charge in [-0.05, 0) is 31.0 Å². The predicted octanol–water partition coefficient (Wildman–Crippen LogP) is 2.50. The van der Waals surface area contributed by atoms with Crippen LogP contribution in [0.2, 0.25) is 0 Å². The molecule has 0 radical (unpaired) electrons. The maximum atomic E-state index is 12.3. The summed E-state index contributed by atoms with van der Waals surface area (Å²) >= 11 is 1.48. The zero-order chi connectivity index (χ0) is 16.7. The Morgan fingerprint density at radius 3 is 2.92 bits per heavy atom. The molecule has 3 heterocycles. The first-order valence-corrected chi connectivity index (χ1v) is 8.38. The van der Waals surface area contributed by atoms with Gasteiger partial charge in [-0.1, -0.05) is 17.8 Å². The molecule has 0 fully saturated rings. The van der Waals surface area contributed by atoms with Crippen molar-refractivity contribution in [3.05, 3.63) is 52.1 Å². The first-order chi connectivity index (χ1) is 11.6. The van der Waals surface area contributed by atoms with Gasteiger partial charge >= 0.3 is 0 Å². The van der Waals surface area contributed by atoms with E-state index < -0.39 is 0 Å². The maximum absolute atomic E-state index is 12.3. The van der Waals surface area contributed by atoms with Crippen LogP contribution in [-0.2, 0) is 5.75 Å². The Morgan fingerprint density at radius 2 is 2.04 bits per heavy atom. The van der Waals surface area contributed by atoms with Gasteiger partial charge in [0, 0.05) is 0 Å². The summed E-state index contributed by atoms with van der Waals surface area (Å²) in [6.07, 6.45) is 3.07. The van der Waals surface area contributed by atoms with Crippen molar-refractivity contribution in [2.75, 3.05) is 0 Å². The molecular formula is C16H14N6OS. The molecule has 0 saturated carbocycles. The van der Waals surface area contributed by atoms with E-state index in [4.69, 9.17) is 0 Å². The first kappa shape index (κ1) is 14.8. The Labute approximate surface area is 141 Å². The van der Waals surface area contributed by atoms with E-state index in [-0.39, 0.29) is 5.56 Å². The second-order valence-electron chi connectivity index (χ2n) is 5.48. The van der Waals surface area contributed by atoms with Crippen LogP contribution in [0.4, 0.5) is 0 Å². The number of imidazole rings is 1. The number of benzene rings is 1. The Hall–Kier alpha value is -2.74. The first-order valence-electron chi connectivity index (χ1n) is 7.39. The van der Waals surface area contributed by atoms with Gasteiger partial charge in [-0.15, -0.1) is 0 Å². The highest BCUT2D eigenvalue weighted by molar-refractivity contribution is 7.98. The third kappa shape index (κ3) is 2.44. The highest BCUT2D eigenvalue weighted by Gasteiger charge is 2.10. The van der Waals surface area contributed by atoms with Crippen LogP contribution in [0, 0.1) is 13.8 Å². The number of rotatable bonds is 3. The fourth-order valence-corrected chi connectivity index (χ4v) is 3.37. The van der Waals surface area contributed by atoms with E-state index in [0.717, 1.165) is 27.2 Å². The van der Waals surface area contributed by atoms with Gasteiger partial charge < -0.3 is 9.97 Å². The van der Waals surface area contributed by atoms with Crippen LogP contribution in [0.25, 0.3) is 22.1 Å². The van der Waals surface area contributed by atoms with E-state index >= 15 is 0 Å². The average molecular weight is 338 g/mol. The lowest BCUT2D eigenvalue weighted by molar-refractivity contribution is 1.03. The summed E-state index contributed by atoms with van der Waals surface area (Å²) in [5.41, 5.74) is 4.20. The normalized spacial score (nSPS) is 11.4. The van der Waals surface area contributed by atoms with Crippen molar-refractivity contribution in [2.24, 2.45) is 0 Å². The molecule has 3 aromatic heterocycles. The molecular weight excluding hydrogens is 324 g/mol. The smallest absolute Gasteiger partial charge is 0.258 e. The quantitative estimate of drug-likeness (QED) is 0.440. The summed E-state index contributed by atoms with van der Waals surface area (Å²) in [4.78, 5) is 35.3. The molecule has 2 N–H and O–H groups in total. The molecule has 120 valence electrons. The maximum Gasteiger partial charge on any atom is 0.258 e. The van der Waals surface area contributed by atoms with E-state index in [9.17, 15) is 4.79 Å². The molecule has 0 saturated heterocycles. The lowest BCUT2D eigenvalue weighted by Gasteiger charge is -2.07. The number of nitrogens with zero attached hydrogens (tertiary/aromatic N) is 4. The number of aromatic nitrogens is 6. The largest absolute Gasteiger partial charge is 0.341 e. The second-order valence-corrected chi connectivity index (χ2v) is 6.45. The summed E-state index contributed by atoms with van der Waals surface area (Å²) in [6.45, 7) is 4.00. The van der Waals surface area contributed by atoms with Gasteiger partial charge in [-0.3, -0.25) is 4.79 Å². The Kier molecular flexibility index (Phi) is 3.53. The molecule has 0 aliphatic rings. The number of aryl methyl sites for hydroxylation is 2. The Morgan fingerprint density at radius 1 is 1.17 bits per heavy atom. The van der Waals surface area contributed by atoms with Gasteiger partial charge in [-0.2, -0.15) is 0 Å². The standard InChI is InChI=1S/C16H14N6OS/c1-8-3-4-10-12(9(8)2)21-11(22-15(10)23)5-24-16-13-14(18-6-17-13)19-7-20-16/h3-4,6-7H,5H2,1-2H3,(H,21,22,23)(H,17,18,19,20). The lowest BCUT2D eigenvalue weighted by atomic mass is 10.1. The number of thioether (sulfide) groups is 1. The number of nitrogens with one attached hydrogen (secondary N) is 2. The van der Waals surface area contributed by atoms with Crippen molar-refractivity contribution in [3.63, 3.8) is 0 Å². The highest BCUT2D eigenvalue weighted by Crippen LogP contribution is 2.25. The topological polar surface area (TPSA) is 100 Å². The minimum Gasteiger partial charge on any atom is -0.341 e. The summed E-state index contributed by atoms with van der Waals surface area (Å²) in [7, 11) is 0. The van der Waals surface area contributed by atoms with Gasteiger partial charge in [0.1, 0.15) is 22.7 Å². The van der Waals surface area contributed by atoms with Crippen molar-refractivity contribution < 1.29 is 0 Å². The van der Waals surface area contributed by atoms with Crippen LogP contribution < -0.4 is 5.56 Å². The van der Waals surface area contributed by atoms with E-state index in [1.54, 1.807) is 6.33 Å². The molecule has 1 aromatic carbocycles. The van der Waals surface area contributed by atoms with Crippen LogP contribution in [-0.4, -0.2) is 29.9 Å². The van der Waals surface area contributed by atoms with Gasteiger partial charge in [0.25, 0.3) is 5.56 Å². The zero-order valence-electron chi connectivity index (χ0n) is 13.1. The number of aromatic amines is 2. The van der Waals surface area contributed by atoms with E-state index in [1.807, 2.05) is 26.0 Å². The Bertz CT molecular complexity index is 1120. The molecule has 24 heavy (non-hydrogen) atoms. The third-order valence-electron chi connectivity index (χ3n) is 3.98. The van der Waals surface area contributed by atoms with Crippen LogP contribution in [0.15, 0.2) is 34.6 Å². The molecule has 0 atom stereocenters. The minimum absolute atomic E-state index is 0.118. The molecule has 0 unspecified atom stereocenters. The van der Waals surface area contributed by atoms with Crippen LogP contribution >= 0.6 is 11.8 Å².